The van der Waals surface area contributed by atoms with Crippen LogP contribution in [-0.4, -0.2) is 23.5 Å². The maximum atomic E-state index is 13.1. The molecule has 0 atom stereocenters. The number of ether oxygens (including phenoxy) is 1. The van der Waals surface area contributed by atoms with Crippen molar-refractivity contribution in [1.82, 2.24) is 5.32 Å². The molecule has 2 aromatic rings. The fourth-order valence-corrected chi connectivity index (χ4v) is 4.30. The van der Waals surface area contributed by atoms with Gasteiger partial charge in [0.05, 0.1) is 31.8 Å². The molecule has 1 aliphatic heterocycles. The number of amides is 2. The summed E-state index contributed by atoms with van der Waals surface area (Å²) >= 11 is 27.1. The van der Waals surface area contributed by atoms with E-state index < -0.39 is 11.8 Å². The van der Waals surface area contributed by atoms with Gasteiger partial charge in [-0.15, -0.1) is 0 Å². The lowest BCUT2D eigenvalue weighted by Gasteiger charge is -2.29. The van der Waals surface area contributed by atoms with Crippen LogP contribution in [0.2, 0.25) is 15.1 Å². The van der Waals surface area contributed by atoms with Crippen LogP contribution in [-0.2, 0) is 9.59 Å². The van der Waals surface area contributed by atoms with Gasteiger partial charge in [0.25, 0.3) is 11.8 Å². The van der Waals surface area contributed by atoms with Crippen LogP contribution in [0.3, 0.4) is 0 Å². The van der Waals surface area contributed by atoms with Crippen LogP contribution in [0.25, 0.3) is 6.08 Å². The monoisotopic (exact) mass is 532 g/mol. The highest BCUT2D eigenvalue weighted by molar-refractivity contribution is 9.10. The molecule has 1 saturated heterocycles. The molecule has 0 bridgehead atoms. The van der Waals surface area contributed by atoms with Gasteiger partial charge in [-0.3, -0.25) is 19.8 Å². The van der Waals surface area contributed by atoms with Crippen LogP contribution < -0.4 is 15.0 Å². The minimum absolute atomic E-state index is 0.0905. The Morgan fingerprint density at radius 2 is 1.93 bits per heavy atom. The van der Waals surface area contributed by atoms with Crippen molar-refractivity contribution < 1.29 is 14.3 Å². The van der Waals surface area contributed by atoms with E-state index in [0.717, 1.165) is 4.90 Å². The second-order valence-electron chi connectivity index (χ2n) is 5.78. The van der Waals surface area contributed by atoms with Crippen LogP contribution in [0.15, 0.2) is 40.4 Å². The maximum Gasteiger partial charge on any atom is 0.270 e. The quantitative estimate of drug-likeness (QED) is 0.313. The van der Waals surface area contributed by atoms with Gasteiger partial charge in [-0.05, 0) is 71.0 Å². The lowest BCUT2D eigenvalue weighted by Crippen LogP contribution is -2.54. The van der Waals surface area contributed by atoms with Gasteiger partial charge < -0.3 is 4.74 Å². The summed E-state index contributed by atoms with van der Waals surface area (Å²) in [7, 11) is 0. The lowest BCUT2D eigenvalue weighted by molar-refractivity contribution is -0.122. The molecular formula is C19H12BrCl3N2O3S. The minimum atomic E-state index is -0.635. The topological polar surface area (TPSA) is 58.6 Å². The van der Waals surface area contributed by atoms with Crippen molar-refractivity contribution in [1.29, 1.82) is 0 Å². The number of hydrogen-bond acceptors (Lipinski definition) is 4. The predicted octanol–water partition coefficient (Wildman–Crippen LogP) is 5.64. The fraction of sp³-hybridized carbons (Fsp3) is 0.105. The summed E-state index contributed by atoms with van der Waals surface area (Å²) in [6.07, 6.45) is 1.41. The highest BCUT2D eigenvalue weighted by Crippen LogP contribution is 2.36. The van der Waals surface area contributed by atoms with Gasteiger partial charge in [0.15, 0.2) is 10.9 Å². The molecule has 1 aliphatic rings. The van der Waals surface area contributed by atoms with Crippen molar-refractivity contribution in [3.8, 4) is 5.75 Å². The first-order valence-corrected chi connectivity index (χ1v) is 10.6. The first-order valence-electron chi connectivity index (χ1n) is 8.22. The lowest BCUT2D eigenvalue weighted by atomic mass is 10.1. The number of thiocarbonyl (C=S) groups is 1. The van der Waals surface area contributed by atoms with Crippen LogP contribution in [0.4, 0.5) is 5.69 Å². The molecule has 5 nitrogen and oxygen atoms in total. The zero-order valence-corrected chi connectivity index (χ0v) is 19.4. The predicted molar refractivity (Wildman–Crippen MR) is 123 cm³/mol. The molecule has 150 valence electrons. The average Bonchev–Trinajstić information content (AvgIpc) is 2.65. The second kappa shape index (κ2) is 9.02. The summed E-state index contributed by atoms with van der Waals surface area (Å²) < 4.78 is 6.06. The summed E-state index contributed by atoms with van der Waals surface area (Å²) in [5.74, 6) is -0.788. The number of rotatable bonds is 4. The smallest absolute Gasteiger partial charge is 0.270 e. The molecule has 3 rings (SSSR count). The van der Waals surface area contributed by atoms with Gasteiger partial charge in [0.1, 0.15) is 5.57 Å². The molecule has 0 aliphatic carbocycles. The zero-order valence-electron chi connectivity index (χ0n) is 14.8. The summed E-state index contributed by atoms with van der Waals surface area (Å²) in [5, 5.41) is 3.14. The van der Waals surface area contributed by atoms with Crippen molar-refractivity contribution >= 4 is 91.6 Å². The third kappa shape index (κ3) is 4.44. The Morgan fingerprint density at radius 3 is 2.59 bits per heavy atom. The van der Waals surface area contributed by atoms with Crippen molar-refractivity contribution in [2.24, 2.45) is 0 Å². The van der Waals surface area contributed by atoms with Gasteiger partial charge in [0.2, 0.25) is 0 Å². The van der Waals surface area contributed by atoms with E-state index in [-0.39, 0.29) is 26.4 Å². The molecular weight excluding hydrogens is 523 g/mol. The van der Waals surface area contributed by atoms with Crippen molar-refractivity contribution in [3.63, 3.8) is 0 Å². The first-order chi connectivity index (χ1) is 13.7. The molecule has 0 radical (unpaired) electrons. The molecule has 0 aromatic heterocycles. The summed E-state index contributed by atoms with van der Waals surface area (Å²) in [4.78, 5) is 26.7. The van der Waals surface area contributed by atoms with E-state index in [0.29, 0.717) is 27.4 Å². The van der Waals surface area contributed by atoms with E-state index in [9.17, 15) is 9.59 Å². The molecule has 29 heavy (non-hydrogen) atoms. The van der Waals surface area contributed by atoms with E-state index >= 15 is 0 Å². The Kier molecular flexibility index (Phi) is 6.86. The largest absolute Gasteiger partial charge is 0.491 e. The molecule has 1 fully saturated rings. The van der Waals surface area contributed by atoms with E-state index in [2.05, 4.69) is 21.2 Å². The normalized spacial score (nSPS) is 15.7. The van der Waals surface area contributed by atoms with E-state index in [4.69, 9.17) is 51.8 Å². The molecule has 0 unspecified atom stereocenters. The molecule has 0 spiro atoms. The molecule has 1 heterocycles. The average molecular weight is 535 g/mol. The Morgan fingerprint density at radius 1 is 1.21 bits per heavy atom. The summed E-state index contributed by atoms with van der Waals surface area (Å²) in [6, 6.07) is 8.07. The third-order valence-electron chi connectivity index (χ3n) is 3.89. The van der Waals surface area contributed by atoms with Crippen LogP contribution in [0, 0.1) is 0 Å². The number of hydrogen-bond donors (Lipinski definition) is 1. The molecule has 2 aromatic carbocycles. The standard InChI is InChI=1S/C19H12BrCl3N2O3S/c1-2-28-16-11(20)7-9(8-13(16)22)6-10-17(26)24-19(29)25(18(10)27)14-5-3-4-12(21)15(14)23/h3-8H,2H2,1H3,(H,24,26,29)/b10-6+. The Labute approximate surface area is 195 Å². The Balaban J connectivity index is 2.05. The Hall–Kier alpha value is -1.64. The van der Waals surface area contributed by atoms with Gasteiger partial charge >= 0.3 is 0 Å². The van der Waals surface area contributed by atoms with Gasteiger partial charge in [-0.2, -0.15) is 0 Å². The number of benzene rings is 2. The summed E-state index contributed by atoms with van der Waals surface area (Å²) in [5.41, 5.74) is 0.654. The van der Waals surface area contributed by atoms with E-state index in [1.54, 1.807) is 30.3 Å². The fourth-order valence-electron chi connectivity index (χ4n) is 2.65. The third-order valence-corrected chi connectivity index (χ3v) is 5.86. The maximum absolute atomic E-state index is 13.1. The molecule has 2 amide bonds. The number of anilines is 1. The minimum Gasteiger partial charge on any atom is -0.491 e. The van der Waals surface area contributed by atoms with Crippen LogP contribution in [0.1, 0.15) is 12.5 Å². The molecule has 0 saturated carbocycles. The number of carbonyl (C=O) groups is 2. The van der Waals surface area contributed by atoms with Crippen molar-refractivity contribution in [2.45, 2.75) is 6.92 Å². The number of nitrogens with one attached hydrogen (secondary N) is 1. The first kappa shape index (κ1) is 22.1. The van der Waals surface area contributed by atoms with Gasteiger partial charge in [0, 0.05) is 0 Å². The highest BCUT2D eigenvalue weighted by atomic mass is 79.9. The number of carbonyl (C=O) groups excluding carboxylic acids is 2. The van der Waals surface area contributed by atoms with Crippen LogP contribution >= 0.6 is 63.0 Å². The SMILES string of the molecule is CCOc1c(Cl)cc(/C=C2\C(=O)NC(=S)N(c3cccc(Cl)c3Cl)C2=O)cc1Br. The molecule has 1 N–H and O–H groups in total. The van der Waals surface area contributed by atoms with E-state index in [1.165, 1.54) is 6.08 Å². The zero-order chi connectivity index (χ0) is 21.3. The Bertz CT molecular complexity index is 1050. The number of nitrogens with zero attached hydrogens (tertiary/aromatic N) is 1. The van der Waals surface area contributed by atoms with E-state index in [1.807, 2.05) is 6.92 Å². The molecule has 10 heteroatoms. The van der Waals surface area contributed by atoms with Gasteiger partial charge in [-0.1, -0.05) is 40.9 Å². The van der Waals surface area contributed by atoms with Gasteiger partial charge in [-0.25, -0.2) is 0 Å². The highest BCUT2D eigenvalue weighted by Gasteiger charge is 2.35. The van der Waals surface area contributed by atoms with Crippen molar-refractivity contribution in [3.05, 3.63) is 61.0 Å². The second-order valence-corrected chi connectivity index (χ2v) is 8.21. The van der Waals surface area contributed by atoms with Crippen LogP contribution in [0.5, 0.6) is 5.75 Å². The van der Waals surface area contributed by atoms with Crippen molar-refractivity contribution in [2.75, 3.05) is 11.5 Å². The number of halogens is 4. The summed E-state index contributed by atoms with van der Waals surface area (Å²) in [6.45, 7) is 2.27.